The summed E-state index contributed by atoms with van der Waals surface area (Å²) >= 11 is 1.96. The number of epoxide rings is 1. The van der Waals surface area contributed by atoms with Gasteiger partial charge >= 0.3 is 23.9 Å². The Labute approximate surface area is 349 Å². The predicted octanol–water partition coefficient (Wildman–Crippen LogP) is 6.16. The number of piperidine rings is 2. The van der Waals surface area contributed by atoms with E-state index >= 15 is 0 Å². The number of nitrogens with zero attached hydrogens (tertiary/aromatic N) is 2. The number of anilines is 2. The zero-order chi connectivity index (χ0) is 42.3. The van der Waals surface area contributed by atoms with Gasteiger partial charge in [-0.1, -0.05) is 30.5 Å². The second-order valence-corrected chi connectivity index (χ2v) is 28.6. The third-order valence-corrected chi connectivity index (χ3v) is 9.36. The molecule has 318 valence electrons. The number of esters is 4. The van der Waals surface area contributed by atoms with Crippen molar-refractivity contribution in [2.45, 2.75) is 83.7 Å². The highest BCUT2D eigenvalue weighted by Crippen LogP contribution is 2.39. The number of ketones is 1. The van der Waals surface area contributed by atoms with E-state index < -0.39 is 30.0 Å². The monoisotopic (exact) mass is 928 g/mol. The quantitative estimate of drug-likeness (QED) is 0.0699. The van der Waals surface area contributed by atoms with Crippen LogP contribution in [0.5, 0.6) is 0 Å². The fourth-order valence-electron chi connectivity index (χ4n) is 6.35. The van der Waals surface area contributed by atoms with Crippen molar-refractivity contribution in [3.63, 3.8) is 0 Å². The van der Waals surface area contributed by atoms with Crippen LogP contribution in [-0.2, 0) is 53.9 Å². The molecule has 0 aliphatic carbocycles. The van der Waals surface area contributed by atoms with Gasteiger partial charge in [-0.2, -0.15) is 0 Å². The van der Waals surface area contributed by atoms with Crippen molar-refractivity contribution >= 4 is 68.5 Å². The molecule has 2 aromatic rings. The summed E-state index contributed by atoms with van der Waals surface area (Å²) in [6.45, 7) is 12.4. The Hall–Kier alpha value is -3.57. The van der Waals surface area contributed by atoms with Crippen LogP contribution >= 0.6 is 21.2 Å². The number of carbonyl (C=O) groups excluding carboxylic acids is 5. The second kappa shape index (κ2) is 22.0. The number of ether oxygens (including phenoxy) is 5. The number of hydrogen-bond donors (Lipinski definition) is 0. The smallest absolute Gasteiger partial charge is 0.313 e. The van der Waals surface area contributed by atoms with Crippen molar-refractivity contribution < 1.29 is 51.9 Å². The summed E-state index contributed by atoms with van der Waals surface area (Å²) in [6, 6.07) is 15.4. The van der Waals surface area contributed by atoms with E-state index in [0.717, 1.165) is 55.0 Å². The largest absolute Gasteiger partial charge is 0.466 e. The fourth-order valence-corrected chi connectivity index (χ4v) is 6.35. The van der Waals surface area contributed by atoms with Gasteiger partial charge in [-0.3, -0.25) is 28.2 Å². The summed E-state index contributed by atoms with van der Waals surface area (Å²) in [4.78, 5) is 64.0. The van der Waals surface area contributed by atoms with E-state index in [1.54, 1.807) is 46.5 Å². The van der Waals surface area contributed by atoms with Crippen molar-refractivity contribution in [3.05, 3.63) is 59.7 Å². The molecule has 1 spiro atoms. The first kappa shape index (κ1) is 47.8. The topological polar surface area (TPSA) is 158 Å². The lowest BCUT2D eigenvalue weighted by Gasteiger charge is -2.32. The molecule has 2 unspecified atom stereocenters. The molecule has 5 rings (SSSR count). The van der Waals surface area contributed by atoms with Gasteiger partial charge in [0.25, 0.3) is 0 Å². The molecular weight excluding hydrogens is 867 g/mol. The molecule has 0 saturated carbocycles. The first-order valence-corrected chi connectivity index (χ1v) is 25.4. The molecule has 0 amide bonds. The first-order chi connectivity index (χ1) is 26.8. The van der Waals surface area contributed by atoms with Crippen molar-refractivity contribution in [2.75, 3.05) is 87.8 Å². The lowest BCUT2D eigenvalue weighted by atomic mass is 9.94. The third kappa shape index (κ3) is 17.4. The Balaban J connectivity index is 0.000000268. The Morgan fingerprint density at radius 3 is 1.32 bits per heavy atom. The zero-order valence-corrected chi connectivity index (χ0v) is 37.5. The second-order valence-electron chi connectivity index (χ2n) is 15.0. The van der Waals surface area contributed by atoms with Gasteiger partial charge < -0.3 is 33.5 Å². The maximum absolute atomic E-state index is 12.3. The van der Waals surface area contributed by atoms with E-state index in [-0.39, 0.29) is 50.2 Å². The summed E-state index contributed by atoms with van der Waals surface area (Å²) in [5.74, 6) is -2.63. The maximum Gasteiger partial charge on any atom is 0.313 e. The minimum Gasteiger partial charge on any atom is -0.466 e. The Bertz CT molecular complexity index is 1680. The molecule has 3 fully saturated rings. The molecular formula is C42H61IN2O11S. The molecule has 0 bridgehead atoms. The van der Waals surface area contributed by atoms with Gasteiger partial charge in [0.05, 0.1) is 63.3 Å². The highest BCUT2D eigenvalue weighted by molar-refractivity contribution is 14.2. The van der Waals surface area contributed by atoms with E-state index in [2.05, 4.69) is 9.80 Å². The van der Waals surface area contributed by atoms with E-state index in [1.165, 1.54) is 0 Å². The molecule has 2 atom stereocenters. The number of halogens is 1. The third-order valence-electron chi connectivity index (χ3n) is 9.36. The molecule has 57 heavy (non-hydrogen) atoms. The summed E-state index contributed by atoms with van der Waals surface area (Å²) < 4.78 is 36.5. The van der Waals surface area contributed by atoms with Gasteiger partial charge in [-0.25, -0.2) is 0 Å². The van der Waals surface area contributed by atoms with Crippen LogP contribution in [0, 0.1) is 0 Å². The molecule has 0 N–H and O–H groups in total. The molecule has 3 heterocycles. The molecule has 3 aliphatic rings. The van der Waals surface area contributed by atoms with Gasteiger partial charge in [0.1, 0.15) is 5.78 Å². The molecule has 15 heteroatoms. The van der Waals surface area contributed by atoms with Crippen molar-refractivity contribution in [1.82, 2.24) is 0 Å². The molecule has 2 aromatic carbocycles. The van der Waals surface area contributed by atoms with E-state index in [4.69, 9.17) is 23.7 Å². The average molecular weight is 929 g/mol. The zero-order valence-electron chi connectivity index (χ0n) is 34.6. The molecule has 13 nitrogen and oxygen atoms in total. The highest BCUT2D eigenvalue weighted by atomic mass is 127. The summed E-state index contributed by atoms with van der Waals surface area (Å²) in [5.41, 5.74) is 3.80. The molecule has 3 saturated heterocycles. The van der Waals surface area contributed by atoms with Crippen LogP contribution < -0.4 is 9.80 Å². The molecule has 0 radical (unpaired) electrons. The summed E-state index contributed by atoms with van der Waals surface area (Å²) in [6.07, 6.45) is 6.32. The SMILES string of the molecule is CCOC(=O)CC(C(=O)OCC)c1ccc(N2CCC(=O)CC2)cc1.CCOC(=O)CC(C(=O)OCC)c1ccc(N2CCC3(CC2)CO3)cc1.CS(C)(C)(=O)I. The Kier molecular flexibility index (Phi) is 18.4. The van der Waals surface area contributed by atoms with E-state index in [0.29, 0.717) is 38.3 Å². The number of benzene rings is 2. The minimum absolute atomic E-state index is 0.00437. The Morgan fingerprint density at radius 2 is 1.00 bits per heavy atom. The summed E-state index contributed by atoms with van der Waals surface area (Å²) in [5, 5.41) is 0. The van der Waals surface area contributed by atoms with Crippen molar-refractivity contribution in [3.8, 4) is 0 Å². The van der Waals surface area contributed by atoms with Gasteiger partial charge in [0.2, 0.25) is 0 Å². The Morgan fingerprint density at radius 1 is 0.667 bits per heavy atom. The molecule has 3 aliphatic heterocycles. The fraction of sp³-hybridized carbons (Fsp3) is 0.595. The van der Waals surface area contributed by atoms with E-state index in [9.17, 15) is 28.2 Å². The molecule has 0 aromatic heterocycles. The van der Waals surface area contributed by atoms with Crippen LogP contribution in [0.25, 0.3) is 0 Å². The number of hydrogen-bond acceptors (Lipinski definition) is 13. The lowest BCUT2D eigenvalue weighted by molar-refractivity contribution is -0.151. The standard InChI is InChI=1S/C20H27NO5.C19H25NO5.C3H9IOS/c1-3-24-18(22)13-17(19(23)25-4-2)15-5-7-16(8-6-15)21-11-9-20(10-12-21)14-26-20;1-3-24-18(22)13-17(19(23)25-4-2)14-5-7-15(8-6-14)20-11-9-16(21)10-12-20;1-6(2,3,4)5/h5-8,17H,3-4,9-14H2,1-2H3;5-8,17H,3-4,9-13H2,1-2H3;1-3H3. The number of rotatable bonds is 14. The number of carbonyl (C=O) groups is 5. The lowest BCUT2D eigenvalue weighted by Crippen LogP contribution is -2.37. The first-order valence-electron chi connectivity index (χ1n) is 19.7. The van der Waals surface area contributed by atoms with Gasteiger partial charge in [0, 0.05) is 71.6 Å². The van der Waals surface area contributed by atoms with Gasteiger partial charge in [0.15, 0.2) is 0 Å². The summed E-state index contributed by atoms with van der Waals surface area (Å²) in [7, 11) is 0. The van der Waals surface area contributed by atoms with Crippen LogP contribution in [0.2, 0.25) is 0 Å². The van der Waals surface area contributed by atoms with Crippen LogP contribution in [0.4, 0.5) is 11.4 Å². The van der Waals surface area contributed by atoms with Gasteiger partial charge in [-0.15, -0.1) is 0 Å². The van der Waals surface area contributed by atoms with Crippen LogP contribution in [-0.4, -0.2) is 117 Å². The van der Waals surface area contributed by atoms with Gasteiger partial charge in [-0.05, 0) is 94.7 Å². The number of Topliss-reactive ketones (excluding diaryl/α,β-unsaturated/α-hetero) is 1. The highest BCUT2D eigenvalue weighted by Gasteiger charge is 2.46. The maximum atomic E-state index is 12.3. The van der Waals surface area contributed by atoms with Crippen molar-refractivity contribution in [2.24, 2.45) is 0 Å². The van der Waals surface area contributed by atoms with Crippen molar-refractivity contribution in [1.29, 1.82) is 0 Å². The average Bonchev–Trinajstić information content (AvgIpc) is 3.91. The van der Waals surface area contributed by atoms with E-state index in [1.807, 2.05) is 69.7 Å². The minimum atomic E-state index is -2.13. The predicted molar refractivity (Wildman–Crippen MR) is 231 cm³/mol. The van der Waals surface area contributed by atoms with Crippen LogP contribution in [0.1, 0.15) is 89.2 Å². The van der Waals surface area contributed by atoms with Crippen LogP contribution in [0.3, 0.4) is 0 Å². The van der Waals surface area contributed by atoms with Crippen LogP contribution in [0.15, 0.2) is 48.5 Å². The normalized spacial score (nSPS) is 17.5.